The van der Waals surface area contributed by atoms with Gasteiger partial charge >= 0.3 is 0 Å². The average Bonchev–Trinajstić information content (AvgIpc) is 2.85. The lowest BCUT2D eigenvalue weighted by Gasteiger charge is -2.22. The lowest BCUT2D eigenvalue weighted by atomic mass is 9.92. The largest absolute Gasteiger partial charge is 0.339 e. The molecule has 1 aromatic rings. The van der Waals surface area contributed by atoms with E-state index >= 15 is 0 Å². The summed E-state index contributed by atoms with van der Waals surface area (Å²) in [5.74, 6) is 1.75. The van der Waals surface area contributed by atoms with Crippen molar-refractivity contribution in [3.05, 3.63) is 29.8 Å². The number of hydrogen-bond donors (Lipinski definition) is 1. The highest BCUT2D eigenvalue weighted by molar-refractivity contribution is 7.98. The van der Waals surface area contributed by atoms with Crippen LogP contribution in [0.3, 0.4) is 0 Å². The highest BCUT2D eigenvalue weighted by Gasteiger charge is 2.31. The molecule has 20 heavy (non-hydrogen) atoms. The number of rotatable bonds is 2. The van der Waals surface area contributed by atoms with Gasteiger partial charge in [-0.1, -0.05) is 12.1 Å². The number of carbonyl (C=O) groups excluding carboxylic acids is 1. The normalized spacial score (nSPS) is 26.1. The molecule has 2 fully saturated rings. The van der Waals surface area contributed by atoms with Gasteiger partial charge in [0.25, 0.3) is 5.91 Å². The van der Waals surface area contributed by atoms with Gasteiger partial charge in [-0.3, -0.25) is 4.79 Å². The van der Waals surface area contributed by atoms with E-state index in [4.69, 9.17) is 0 Å². The van der Waals surface area contributed by atoms with Crippen LogP contribution in [0.1, 0.15) is 23.2 Å². The van der Waals surface area contributed by atoms with Gasteiger partial charge in [-0.25, -0.2) is 0 Å². The van der Waals surface area contributed by atoms with Crippen molar-refractivity contribution in [3.63, 3.8) is 0 Å². The van der Waals surface area contributed by atoms with Crippen LogP contribution in [0, 0.1) is 11.8 Å². The van der Waals surface area contributed by atoms with Gasteiger partial charge in [-0.15, -0.1) is 11.8 Å². The molecule has 1 N–H and O–H groups in total. The van der Waals surface area contributed by atoms with E-state index in [1.807, 2.05) is 30.5 Å². The summed E-state index contributed by atoms with van der Waals surface area (Å²) in [6.45, 7) is 4.08. The van der Waals surface area contributed by atoms with Crippen molar-refractivity contribution < 1.29 is 4.79 Å². The molecule has 4 heteroatoms. The molecule has 0 unspecified atom stereocenters. The summed E-state index contributed by atoms with van der Waals surface area (Å²) in [6, 6.07) is 7.96. The SMILES string of the molecule is CSc1ccccc1C(=O)N1CC[C@@H]2CNC[C@@H]2CC1. The summed E-state index contributed by atoms with van der Waals surface area (Å²) >= 11 is 1.65. The Morgan fingerprint density at radius 2 is 1.85 bits per heavy atom. The monoisotopic (exact) mass is 290 g/mol. The summed E-state index contributed by atoms with van der Waals surface area (Å²) in [6.07, 6.45) is 4.32. The first-order valence-electron chi connectivity index (χ1n) is 7.42. The molecule has 2 atom stereocenters. The van der Waals surface area contributed by atoms with E-state index in [-0.39, 0.29) is 5.91 Å². The Morgan fingerprint density at radius 1 is 1.20 bits per heavy atom. The van der Waals surface area contributed by atoms with E-state index in [0.29, 0.717) is 0 Å². The highest BCUT2D eigenvalue weighted by Crippen LogP contribution is 2.29. The molecule has 0 aliphatic carbocycles. The van der Waals surface area contributed by atoms with E-state index < -0.39 is 0 Å². The molecule has 2 heterocycles. The van der Waals surface area contributed by atoms with Crippen molar-refractivity contribution in [3.8, 4) is 0 Å². The van der Waals surface area contributed by atoms with Gasteiger partial charge in [0.15, 0.2) is 0 Å². The Kier molecular flexibility index (Phi) is 4.32. The van der Waals surface area contributed by atoms with E-state index in [1.165, 1.54) is 0 Å². The van der Waals surface area contributed by atoms with Crippen molar-refractivity contribution in [2.75, 3.05) is 32.4 Å². The highest BCUT2D eigenvalue weighted by atomic mass is 32.2. The Labute approximate surface area is 125 Å². The predicted octanol–water partition coefficient (Wildman–Crippen LogP) is 2.48. The number of benzene rings is 1. The zero-order chi connectivity index (χ0) is 13.9. The molecule has 0 aromatic heterocycles. The summed E-state index contributed by atoms with van der Waals surface area (Å²) < 4.78 is 0. The maximum absolute atomic E-state index is 12.7. The number of carbonyl (C=O) groups is 1. The van der Waals surface area contributed by atoms with Crippen molar-refractivity contribution in [2.45, 2.75) is 17.7 Å². The fraction of sp³-hybridized carbons (Fsp3) is 0.562. The number of likely N-dealkylation sites (tertiary alicyclic amines) is 1. The second-order valence-electron chi connectivity index (χ2n) is 5.75. The Hall–Kier alpha value is -1.00. The molecule has 2 aliphatic heterocycles. The lowest BCUT2D eigenvalue weighted by Crippen LogP contribution is -2.33. The Morgan fingerprint density at radius 3 is 2.50 bits per heavy atom. The molecule has 0 bridgehead atoms. The second kappa shape index (κ2) is 6.19. The van der Waals surface area contributed by atoms with Crippen LogP contribution in [-0.2, 0) is 0 Å². The standard InChI is InChI=1S/C16H22N2OS/c1-20-15-5-3-2-4-14(15)16(19)18-8-6-12-10-17-11-13(12)7-9-18/h2-5,12-13,17H,6-11H2,1H3/t12-,13+. The Bertz CT molecular complexity index is 477. The van der Waals surface area contributed by atoms with Gasteiger partial charge in [-0.2, -0.15) is 0 Å². The van der Waals surface area contributed by atoms with E-state index in [2.05, 4.69) is 10.2 Å². The average molecular weight is 290 g/mol. The fourth-order valence-corrected chi connectivity index (χ4v) is 4.00. The van der Waals surface area contributed by atoms with E-state index in [0.717, 1.165) is 61.3 Å². The smallest absolute Gasteiger partial charge is 0.254 e. The van der Waals surface area contributed by atoms with Crippen LogP contribution < -0.4 is 5.32 Å². The molecule has 1 aromatic carbocycles. The first-order valence-corrected chi connectivity index (χ1v) is 8.65. The number of fused-ring (bicyclic) bond motifs is 1. The molecule has 2 saturated heterocycles. The van der Waals surface area contributed by atoms with Crippen LogP contribution in [-0.4, -0.2) is 43.2 Å². The van der Waals surface area contributed by atoms with Gasteiger partial charge in [0.05, 0.1) is 5.56 Å². The molecule has 2 aliphatic rings. The fourth-order valence-electron chi connectivity index (χ4n) is 3.41. The summed E-state index contributed by atoms with van der Waals surface area (Å²) in [5.41, 5.74) is 0.866. The van der Waals surface area contributed by atoms with Crippen molar-refractivity contribution in [1.29, 1.82) is 0 Å². The lowest BCUT2D eigenvalue weighted by molar-refractivity contribution is 0.0755. The minimum absolute atomic E-state index is 0.211. The van der Waals surface area contributed by atoms with Crippen LogP contribution in [0.15, 0.2) is 29.2 Å². The first kappa shape index (κ1) is 14.0. The topological polar surface area (TPSA) is 32.3 Å². The quantitative estimate of drug-likeness (QED) is 0.849. The molecule has 0 radical (unpaired) electrons. The molecule has 3 rings (SSSR count). The maximum Gasteiger partial charge on any atom is 0.254 e. The van der Waals surface area contributed by atoms with Crippen molar-refractivity contribution >= 4 is 17.7 Å². The minimum Gasteiger partial charge on any atom is -0.339 e. The molecule has 0 spiro atoms. The van der Waals surface area contributed by atoms with Crippen LogP contribution in [0.4, 0.5) is 0 Å². The van der Waals surface area contributed by atoms with E-state index in [1.54, 1.807) is 11.8 Å². The van der Waals surface area contributed by atoms with Crippen LogP contribution in [0.2, 0.25) is 0 Å². The zero-order valence-electron chi connectivity index (χ0n) is 12.0. The molecule has 108 valence electrons. The van der Waals surface area contributed by atoms with Crippen LogP contribution in [0.5, 0.6) is 0 Å². The second-order valence-corrected chi connectivity index (χ2v) is 6.60. The van der Waals surface area contributed by atoms with Gasteiger partial charge < -0.3 is 10.2 Å². The number of nitrogens with one attached hydrogen (secondary N) is 1. The molecular weight excluding hydrogens is 268 g/mol. The molecule has 0 saturated carbocycles. The molecule has 1 amide bonds. The summed E-state index contributed by atoms with van der Waals surface area (Å²) in [5, 5.41) is 3.48. The number of thioether (sulfide) groups is 1. The number of amides is 1. The van der Waals surface area contributed by atoms with Crippen molar-refractivity contribution in [2.24, 2.45) is 11.8 Å². The summed E-state index contributed by atoms with van der Waals surface area (Å²) in [7, 11) is 0. The van der Waals surface area contributed by atoms with Gasteiger partial charge in [-0.05, 0) is 56.2 Å². The van der Waals surface area contributed by atoms with Crippen LogP contribution >= 0.6 is 11.8 Å². The van der Waals surface area contributed by atoms with Gasteiger partial charge in [0.2, 0.25) is 0 Å². The maximum atomic E-state index is 12.7. The third kappa shape index (κ3) is 2.72. The molecular formula is C16H22N2OS. The zero-order valence-corrected chi connectivity index (χ0v) is 12.8. The summed E-state index contributed by atoms with van der Waals surface area (Å²) in [4.78, 5) is 15.9. The minimum atomic E-state index is 0.211. The Balaban J connectivity index is 1.74. The van der Waals surface area contributed by atoms with Crippen molar-refractivity contribution in [1.82, 2.24) is 10.2 Å². The van der Waals surface area contributed by atoms with Crippen LogP contribution in [0.25, 0.3) is 0 Å². The first-order chi connectivity index (χ1) is 9.79. The number of hydrogen-bond acceptors (Lipinski definition) is 3. The predicted molar refractivity (Wildman–Crippen MR) is 83.2 cm³/mol. The third-order valence-electron chi connectivity index (χ3n) is 4.64. The number of nitrogens with zero attached hydrogens (tertiary/aromatic N) is 1. The van der Waals surface area contributed by atoms with Gasteiger partial charge in [0, 0.05) is 18.0 Å². The van der Waals surface area contributed by atoms with E-state index in [9.17, 15) is 4.79 Å². The van der Waals surface area contributed by atoms with Gasteiger partial charge in [0.1, 0.15) is 0 Å². The molecule has 3 nitrogen and oxygen atoms in total. The third-order valence-corrected chi connectivity index (χ3v) is 5.44.